The van der Waals surface area contributed by atoms with E-state index < -0.39 is 0 Å². The first-order valence-corrected chi connectivity index (χ1v) is 6.51. The number of pyridine rings is 1. The largest absolute Gasteiger partial charge is 0.313 e. The van der Waals surface area contributed by atoms with Crippen molar-refractivity contribution >= 4 is 0 Å². The van der Waals surface area contributed by atoms with E-state index in [0.29, 0.717) is 12.1 Å². The van der Waals surface area contributed by atoms with Crippen molar-refractivity contribution in [2.75, 3.05) is 13.6 Å². The molecule has 0 aliphatic carbocycles. The maximum Gasteiger partial charge on any atom is 0.0312 e. The molecule has 0 aliphatic rings. The third-order valence-electron chi connectivity index (χ3n) is 3.34. The predicted molar refractivity (Wildman–Crippen MR) is 72.9 cm³/mol. The lowest BCUT2D eigenvalue weighted by Gasteiger charge is -2.32. The van der Waals surface area contributed by atoms with Crippen LogP contribution < -0.4 is 5.32 Å². The Kier molecular flexibility index (Phi) is 6.16. The molecule has 1 heterocycles. The fraction of sp³-hybridized carbons (Fsp3) is 0.643. The first-order valence-electron chi connectivity index (χ1n) is 6.51. The van der Waals surface area contributed by atoms with E-state index in [1.165, 1.54) is 5.56 Å². The minimum Gasteiger partial charge on any atom is -0.313 e. The van der Waals surface area contributed by atoms with Crippen LogP contribution in [0.2, 0.25) is 0 Å². The molecule has 0 aromatic carbocycles. The van der Waals surface area contributed by atoms with Gasteiger partial charge in [-0.2, -0.15) is 0 Å². The standard InChI is InChI=1S/C14H25N3/c1-5-14(16-6-2)12(3)17(4)11-13-8-7-9-15-10-13/h7-10,12,14,16H,5-6,11H2,1-4H3. The Morgan fingerprint density at radius 1 is 1.41 bits per heavy atom. The third-order valence-corrected chi connectivity index (χ3v) is 3.34. The number of rotatable bonds is 7. The number of likely N-dealkylation sites (N-methyl/N-ethyl adjacent to an activating group) is 2. The molecule has 1 rings (SSSR count). The number of nitrogens with one attached hydrogen (secondary N) is 1. The van der Waals surface area contributed by atoms with Crippen LogP contribution in [-0.2, 0) is 6.54 Å². The van der Waals surface area contributed by atoms with Gasteiger partial charge in [-0.3, -0.25) is 9.88 Å². The molecule has 3 heteroatoms. The van der Waals surface area contributed by atoms with Gasteiger partial charge in [-0.15, -0.1) is 0 Å². The van der Waals surface area contributed by atoms with Crippen LogP contribution in [0.4, 0.5) is 0 Å². The fourth-order valence-corrected chi connectivity index (χ4v) is 2.15. The molecule has 3 nitrogen and oxygen atoms in total. The van der Waals surface area contributed by atoms with Crippen molar-refractivity contribution in [2.24, 2.45) is 0 Å². The first kappa shape index (κ1) is 14.1. The van der Waals surface area contributed by atoms with Crippen LogP contribution in [0.15, 0.2) is 24.5 Å². The van der Waals surface area contributed by atoms with E-state index in [0.717, 1.165) is 19.5 Å². The van der Waals surface area contributed by atoms with Crippen LogP contribution in [-0.4, -0.2) is 35.6 Å². The van der Waals surface area contributed by atoms with Gasteiger partial charge < -0.3 is 5.32 Å². The summed E-state index contributed by atoms with van der Waals surface area (Å²) in [7, 11) is 2.18. The minimum atomic E-state index is 0.528. The van der Waals surface area contributed by atoms with E-state index in [1.54, 1.807) is 0 Å². The summed E-state index contributed by atoms with van der Waals surface area (Å²) in [5.74, 6) is 0. The zero-order chi connectivity index (χ0) is 12.7. The molecule has 2 unspecified atom stereocenters. The van der Waals surface area contributed by atoms with Crippen molar-refractivity contribution in [1.82, 2.24) is 15.2 Å². The highest BCUT2D eigenvalue weighted by molar-refractivity contribution is 5.08. The van der Waals surface area contributed by atoms with Gasteiger partial charge in [0.05, 0.1) is 0 Å². The Bertz CT molecular complexity index is 300. The molecule has 96 valence electrons. The molecular weight excluding hydrogens is 210 g/mol. The lowest BCUT2D eigenvalue weighted by atomic mass is 10.1. The van der Waals surface area contributed by atoms with Gasteiger partial charge in [0.2, 0.25) is 0 Å². The third kappa shape index (κ3) is 4.44. The Morgan fingerprint density at radius 2 is 2.18 bits per heavy atom. The average molecular weight is 235 g/mol. The van der Waals surface area contributed by atoms with Crippen LogP contribution in [0, 0.1) is 0 Å². The van der Waals surface area contributed by atoms with Crippen molar-refractivity contribution < 1.29 is 0 Å². The number of nitrogens with zero attached hydrogens (tertiary/aromatic N) is 2. The van der Waals surface area contributed by atoms with E-state index in [4.69, 9.17) is 0 Å². The van der Waals surface area contributed by atoms with Crippen LogP contribution in [0.25, 0.3) is 0 Å². The molecule has 0 aliphatic heterocycles. The smallest absolute Gasteiger partial charge is 0.0312 e. The zero-order valence-electron chi connectivity index (χ0n) is 11.5. The average Bonchev–Trinajstić information content (AvgIpc) is 2.36. The van der Waals surface area contributed by atoms with E-state index >= 15 is 0 Å². The van der Waals surface area contributed by atoms with Crippen LogP contribution in [0.5, 0.6) is 0 Å². The normalized spacial score (nSPS) is 14.9. The monoisotopic (exact) mass is 235 g/mol. The molecule has 0 amide bonds. The number of aromatic nitrogens is 1. The lowest BCUT2D eigenvalue weighted by molar-refractivity contribution is 0.196. The Labute approximate surface area is 105 Å². The first-order chi connectivity index (χ1) is 8.19. The second kappa shape index (κ2) is 7.41. The van der Waals surface area contributed by atoms with Crippen LogP contribution in [0.3, 0.4) is 0 Å². The number of hydrogen-bond donors (Lipinski definition) is 1. The molecule has 0 bridgehead atoms. The summed E-state index contributed by atoms with van der Waals surface area (Å²) in [5.41, 5.74) is 1.27. The van der Waals surface area contributed by atoms with Gasteiger partial charge in [-0.05, 0) is 38.6 Å². The molecule has 1 aromatic rings. The predicted octanol–water partition coefficient (Wildman–Crippen LogP) is 2.29. The van der Waals surface area contributed by atoms with E-state index in [-0.39, 0.29) is 0 Å². The molecule has 1 aromatic heterocycles. The van der Waals surface area contributed by atoms with Crippen LogP contribution >= 0.6 is 0 Å². The molecular formula is C14H25N3. The fourth-order valence-electron chi connectivity index (χ4n) is 2.15. The topological polar surface area (TPSA) is 28.2 Å². The molecule has 0 saturated heterocycles. The highest BCUT2D eigenvalue weighted by Gasteiger charge is 2.18. The van der Waals surface area contributed by atoms with E-state index in [2.05, 4.69) is 49.1 Å². The molecule has 0 radical (unpaired) electrons. The zero-order valence-corrected chi connectivity index (χ0v) is 11.5. The van der Waals surface area contributed by atoms with Crippen molar-refractivity contribution in [3.63, 3.8) is 0 Å². The molecule has 0 saturated carbocycles. The van der Waals surface area contributed by atoms with Gasteiger partial charge in [0, 0.05) is 31.0 Å². The number of hydrogen-bond acceptors (Lipinski definition) is 3. The van der Waals surface area contributed by atoms with Gasteiger partial charge in [-0.1, -0.05) is 19.9 Å². The Balaban J connectivity index is 2.54. The van der Waals surface area contributed by atoms with Gasteiger partial charge in [-0.25, -0.2) is 0 Å². The van der Waals surface area contributed by atoms with Crippen LogP contribution in [0.1, 0.15) is 32.8 Å². The van der Waals surface area contributed by atoms with Crippen molar-refractivity contribution in [3.05, 3.63) is 30.1 Å². The quantitative estimate of drug-likeness (QED) is 0.786. The summed E-state index contributed by atoms with van der Waals surface area (Å²) >= 11 is 0. The molecule has 2 atom stereocenters. The molecule has 0 fully saturated rings. The van der Waals surface area contributed by atoms with Gasteiger partial charge >= 0.3 is 0 Å². The minimum absolute atomic E-state index is 0.528. The SMILES string of the molecule is CCNC(CC)C(C)N(C)Cc1cccnc1. The highest BCUT2D eigenvalue weighted by atomic mass is 15.2. The molecule has 17 heavy (non-hydrogen) atoms. The summed E-state index contributed by atoms with van der Waals surface area (Å²) in [6.45, 7) is 8.67. The second-order valence-corrected chi connectivity index (χ2v) is 4.59. The highest BCUT2D eigenvalue weighted by Crippen LogP contribution is 2.09. The Morgan fingerprint density at radius 3 is 2.71 bits per heavy atom. The van der Waals surface area contributed by atoms with Gasteiger partial charge in [0.1, 0.15) is 0 Å². The summed E-state index contributed by atoms with van der Waals surface area (Å²) in [6, 6.07) is 5.21. The van der Waals surface area contributed by atoms with Crippen molar-refractivity contribution in [2.45, 2.75) is 45.8 Å². The maximum absolute atomic E-state index is 4.16. The van der Waals surface area contributed by atoms with E-state index in [1.807, 2.05) is 18.5 Å². The maximum atomic E-state index is 4.16. The second-order valence-electron chi connectivity index (χ2n) is 4.59. The Hall–Kier alpha value is -0.930. The summed E-state index contributed by atoms with van der Waals surface area (Å²) in [6.07, 6.45) is 4.92. The van der Waals surface area contributed by atoms with Gasteiger partial charge in [0.15, 0.2) is 0 Å². The lowest BCUT2D eigenvalue weighted by Crippen LogP contribution is -2.46. The summed E-state index contributed by atoms with van der Waals surface area (Å²) in [5, 5.41) is 3.54. The van der Waals surface area contributed by atoms with E-state index in [9.17, 15) is 0 Å². The summed E-state index contributed by atoms with van der Waals surface area (Å²) < 4.78 is 0. The summed E-state index contributed by atoms with van der Waals surface area (Å²) in [4.78, 5) is 6.54. The molecule has 0 spiro atoms. The van der Waals surface area contributed by atoms with Crippen molar-refractivity contribution in [3.8, 4) is 0 Å². The van der Waals surface area contributed by atoms with Crippen molar-refractivity contribution in [1.29, 1.82) is 0 Å². The van der Waals surface area contributed by atoms with Gasteiger partial charge in [0.25, 0.3) is 0 Å². The molecule has 1 N–H and O–H groups in total.